The molecule has 1 heterocycles. The van der Waals surface area contributed by atoms with E-state index in [1.54, 1.807) is 12.1 Å². The van der Waals surface area contributed by atoms with Crippen molar-refractivity contribution in [2.24, 2.45) is 0 Å². The monoisotopic (exact) mass is 304 g/mol. The molecule has 78 valence electrons. The zero-order valence-electron chi connectivity index (χ0n) is 7.48. The Labute approximate surface area is 103 Å². The number of thioether (sulfide) groups is 1. The molecule has 15 heavy (non-hydrogen) atoms. The number of benzene rings is 1. The largest absolute Gasteiger partial charge is 0.212 e. The fraction of sp³-hybridized carbons (Fsp3) is 0.111. The molecule has 0 N–H and O–H groups in total. The van der Waals surface area contributed by atoms with Crippen molar-refractivity contribution in [3.05, 3.63) is 39.8 Å². The van der Waals surface area contributed by atoms with Crippen LogP contribution in [0.15, 0.2) is 33.1 Å². The van der Waals surface area contributed by atoms with E-state index >= 15 is 0 Å². The summed E-state index contributed by atoms with van der Waals surface area (Å²) in [6.07, 6.45) is 0. The van der Waals surface area contributed by atoms with Gasteiger partial charge in [0.1, 0.15) is 5.82 Å². The summed E-state index contributed by atoms with van der Waals surface area (Å²) < 4.78 is 18.1. The Morgan fingerprint density at radius 2 is 2.20 bits per heavy atom. The highest BCUT2D eigenvalue weighted by atomic mass is 79.9. The number of nitrogens with zero attached hydrogens (tertiary/aromatic N) is 2. The predicted octanol–water partition coefficient (Wildman–Crippen LogP) is 3.73. The second-order valence-electron chi connectivity index (χ2n) is 2.68. The van der Waals surface area contributed by atoms with Crippen LogP contribution in [0.2, 0.25) is 0 Å². The highest BCUT2D eigenvalue weighted by Gasteiger charge is 2.05. The smallest absolute Gasteiger partial charge is 0.179 e. The summed E-state index contributed by atoms with van der Waals surface area (Å²) in [4.78, 5) is 4.76. The van der Waals surface area contributed by atoms with Crippen LogP contribution in [0.3, 0.4) is 0 Å². The molecule has 0 aliphatic rings. The van der Waals surface area contributed by atoms with Gasteiger partial charge in [-0.3, -0.25) is 0 Å². The van der Waals surface area contributed by atoms with E-state index in [1.165, 1.54) is 29.4 Å². The summed E-state index contributed by atoms with van der Waals surface area (Å²) in [5.41, 5.74) is 0. The lowest BCUT2D eigenvalue weighted by Gasteiger charge is -1.99. The summed E-state index contributed by atoms with van der Waals surface area (Å²) in [7, 11) is 0. The van der Waals surface area contributed by atoms with Crippen LogP contribution in [0.25, 0.3) is 0 Å². The van der Waals surface area contributed by atoms with Crippen molar-refractivity contribution < 1.29 is 4.39 Å². The lowest BCUT2D eigenvalue weighted by atomic mass is 10.3. The molecular weight excluding hydrogens is 299 g/mol. The molecule has 2 nitrogen and oxygen atoms in total. The fourth-order valence-corrected chi connectivity index (χ4v) is 2.73. The zero-order valence-corrected chi connectivity index (χ0v) is 10.7. The van der Waals surface area contributed by atoms with Crippen LogP contribution in [-0.2, 0) is 5.75 Å². The zero-order chi connectivity index (χ0) is 10.7. The molecule has 0 aliphatic heterocycles. The first-order valence-corrected chi connectivity index (χ1v) is 6.66. The maximum Gasteiger partial charge on any atom is 0.179 e. The van der Waals surface area contributed by atoms with Gasteiger partial charge in [-0.1, -0.05) is 12.1 Å². The third-order valence-electron chi connectivity index (χ3n) is 1.64. The van der Waals surface area contributed by atoms with E-state index in [1.807, 2.05) is 6.07 Å². The Balaban J connectivity index is 2.02. The lowest BCUT2D eigenvalue weighted by molar-refractivity contribution is 0.602. The van der Waals surface area contributed by atoms with E-state index in [9.17, 15) is 4.39 Å². The SMILES string of the molecule is Fc1ccccc1SCc1nsc(Br)n1. The fourth-order valence-electron chi connectivity index (χ4n) is 0.995. The van der Waals surface area contributed by atoms with Crippen LogP contribution in [0, 0.1) is 5.82 Å². The first-order chi connectivity index (χ1) is 7.25. The summed E-state index contributed by atoms with van der Waals surface area (Å²) in [5.74, 6) is 1.11. The maximum atomic E-state index is 13.2. The van der Waals surface area contributed by atoms with Gasteiger partial charge in [-0.05, 0) is 39.6 Å². The quantitative estimate of drug-likeness (QED) is 0.808. The summed E-state index contributed by atoms with van der Waals surface area (Å²) in [5, 5.41) is 0. The van der Waals surface area contributed by atoms with Crippen LogP contribution in [0.5, 0.6) is 0 Å². The van der Waals surface area contributed by atoms with Gasteiger partial charge in [0, 0.05) is 4.90 Å². The number of hydrogen-bond donors (Lipinski definition) is 0. The van der Waals surface area contributed by atoms with E-state index in [4.69, 9.17) is 0 Å². The minimum atomic E-state index is -0.197. The number of rotatable bonds is 3. The third-order valence-corrected chi connectivity index (χ3v) is 3.84. The maximum absolute atomic E-state index is 13.2. The lowest BCUT2D eigenvalue weighted by Crippen LogP contribution is -1.85. The summed E-state index contributed by atoms with van der Waals surface area (Å²) in [6.45, 7) is 0. The van der Waals surface area contributed by atoms with Gasteiger partial charge in [-0.25, -0.2) is 9.37 Å². The van der Waals surface area contributed by atoms with Crippen molar-refractivity contribution in [3.63, 3.8) is 0 Å². The minimum Gasteiger partial charge on any atom is -0.212 e. The second-order valence-corrected chi connectivity index (χ2v) is 5.73. The van der Waals surface area contributed by atoms with Crippen LogP contribution < -0.4 is 0 Å². The molecule has 2 aromatic rings. The van der Waals surface area contributed by atoms with Crippen LogP contribution >= 0.6 is 39.2 Å². The molecular formula is C9H6BrFN2S2. The highest BCUT2D eigenvalue weighted by molar-refractivity contribution is 9.11. The second kappa shape index (κ2) is 5.05. The van der Waals surface area contributed by atoms with Gasteiger partial charge in [0.05, 0.1) is 5.75 Å². The van der Waals surface area contributed by atoms with Gasteiger partial charge in [0.25, 0.3) is 0 Å². The molecule has 0 amide bonds. The molecule has 0 spiro atoms. The molecule has 0 fully saturated rings. The summed E-state index contributed by atoms with van der Waals surface area (Å²) >= 11 is 5.93. The number of aromatic nitrogens is 2. The standard InChI is InChI=1S/C9H6BrFN2S2/c10-9-12-8(13-15-9)5-14-7-4-2-1-3-6(7)11/h1-4H,5H2. The van der Waals surface area contributed by atoms with Crippen molar-refractivity contribution >= 4 is 39.2 Å². The Bertz CT molecular complexity index is 461. The number of hydrogen-bond acceptors (Lipinski definition) is 4. The van der Waals surface area contributed by atoms with Crippen molar-refractivity contribution in [1.82, 2.24) is 9.36 Å². The van der Waals surface area contributed by atoms with E-state index in [0.717, 1.165) is 9.74 Å². The Morgan fingerprint density at radius 3 is 2.87 bits per heavy atom. The first-order valence-electron chi connectivity index (χ1n) is 4.11. The van der Waals surface area contributed by atoms with Gasteiger partial charge in [0.2, 0.25) is 0 Å². The highest BCUT2D eigenvalue weighted by Crippen LogP contribution is 2.25. The van der Waals surface area contributed by atoms with Crippen LogP contribution in [0.1, 0.15) is 5.82 Å². The van der Waals surface area contributed by atoms with Crippen LogP contribution in [0.4, 0.5) is 4.39 Å². The Morgan fingerprint density at radius 1 is 1.40 bits per heavy atom. The topological polar surface area (TPSA) is 25.8 Å². The van der Waals surface area contributed by atoms with Crippen molar-refractivity contribution in [2.75, 3.05) is 0 Å². The Hall–Kier alpha value is -0.460. The van der Waals surface area contributed by atoms with Gasteiger partial charge in [-0.2, -0.15) is 4.37 Å². The normalized spacial score (nSPS) is 10.5. The van der Waals surface area contributed by atoms with Crippen molar-refractivity contribution in [2.45, 2.75) is 10.6 Å². The molecule has 0 saturated carbocycles. The van der Waals surface area contributed by atoms with Gasteiger partial charge >= 0.3 is 0 Å². The summed E-state index contributed by atoms with van der Waals surface area (Å²) in [6, 6.07) is 6.70. The Kier molecular flexibility index (Phi) is 3.71. The average molecular weight is 305 g/mol. The molecule has 6 heteroatoms. The molecule has 0 atom stereocenters. The molecule has 1 aromatic carbocycles. The molecule has 1 aromatic heterocycles. The molecule has 0 aliphatic carbocycles. The molecule has 0 bridgehead atoms. The molecule has 0 unspecified atom stereocenters. The van der Waals surface area contributed by atoms with Gasteiger partial charge in [0.15, 0.2) is 9.74 Å². The predicted molar refractivity (Wildman–Crippen MR) is 63.6 cm³/mol. The minimum absolute atomic E-state index is 0.197. The van der Waals surface area contributed by atoms with Crippen LogP contribution in [-0.4, -0.2) is 9.36 Å². The first kappa shape index (κ1) is 11.0. The van der Waals surface area contributed by atoms with Crippen molar-refractivity contribution in [1.29, 1.82) is 0 Å². The van der Waals surface area contributed by atoms with Gasteiger partial charge < -0.3 is 0 Å². The molecule has 2 rings (SSSR count). The van der Waals surface area contributed by atoms with E-state index in [2.05, 4.69) is 25.3 Å². The van der Waals surface area contributed by atoms with E-state index in [-0.39, 0.29) is 5.82 Å². The van der Waals surface area contributed by atoms with E-state index in [0.29, 0.717) is 10.6 Å². The molecule has 0 radical (unpaired) electrons. The average Bonchev–Trinajstić information content (AvgIpc) is 2.63. The van der Waals surface area contributed by atoms with Gasteiger partial charge in [-0.15, -0.1) is 11.8 Å². The van der Waals surface area contributed by atoms with E-state index < -0.39 is 0 Å². The van der Waals surface area contributed by atoms with Crippen molar-refractivity contribution in [3.8, 4) is 0 Å². The molecule has 0 saturated heterocycles. The third kappa shape index (κ3) is 2.99. The number of halogens is 2.